The Labute approximate surface area is 67.2 Å². The maximum atomic E-state index is 5.36. The van der Waals surface area contributed by atoms with Gasteiger partial charge in [-0.05, 0) is 24.0 Å². The van der Waals surface area contributed by atoms with Crippen molar-refractivity contribution in [3.63, 3.8) is 0 Å². The summed E-state index contributed by atoms with van der Waals surface area (Å²) in [5.41, 5.74) is 2.88. The normalized spacial score (nSPS) is 15.9. The van der Waals surface area contributed by atoms with Crippen molar-refractivity contribution in [2.45, 2.75) is 12.8 Å². The van der Waals surface area contributed by atoms with E-state index in [4.69, 9.17) is 6.42 Å². The molecule has 0 atom stereocenters. The van der Waals surface area contributed by atoms with E-state index in [1.165, 1.54) is 11.1 Å². The van der Waals surface area contributed by atoms with Crippen LogP contribution in [0.3, 0.4) is 0 Å². The van der Waals surface area contributed by atoms with Gasteiger partial charge in [0.05, 0.1) is 0 Å². The molecule has 11 heavy (non-hydrogen) atoms. The van der Waals surface area contributed by atoms with Gasteiger partial charge >= 0.3 is 0 Å². The first-order valence-electron chi connectivity index (χ1n) is 3.93. The van der Waals surface area contributed by atoms with Gasteiger partial charge in [-0.25, -0.2) is 0 Å². The molecular weight excluding hydrogens is 132 g/mol. The molecule has 0 bridgehead atoms. The van der Waals surface area contributed by atoms with Crippen LogP contribution in [0.4, 0.5) is 0 Å². The van der Waals surface area contributed by atoms with E-state index in [0.29, 0.717) is 5.92 Å². The Morgan fingerprint density at radius 3 is 2.18 bits per heavy atom. The summed E-state index contributed by atoms with van der Waals surface area (Å²) < 4.78 is 0. The van der Waals surface area contributed by atoms with Gasteiger partial charge in [0.1, 0.15) is 0 Å². The molecule has 0 aliphatic heterocycles. The SMILES string of the molecule is C#CC1Cc2ccccc2C1. The fraction of sp³-hybridized carbons (Fsp3) is 0.273. The van der Waals surface area contributed by atoms with Crippen LogP contribution >= 0.6 is 0 Å². The second-order valence-electron chi connectivity index (χ2n) is 3.04. The molecule has 1 aliphatic rings. The van der Waals surface area contributed by atoms with E-state index in [0.717, 1.165) is 12.8 Å². The van der Waals surface area contributed by atoms with Crippen LogP contribution < -0.4 is 0 Å². The molecule has 0 unspecified atom stereocenters. The lowest BCUT2D eigenvalue weighted by atomic mass is 10.1. The van der Waals surface area contributed by atoms with E-state index in [2.05, 4.69) is 30.2 Å². The van der Waals surface area contributed by atoms with E-state index < -0.39 is 0 Å². The molecule has 0 N–H and O–H groups in total. The van der Waals surface area contributed by atoms with Gasteiger partial charge in [0.25, 0.3) is 0 Å². The lowest BCUT2D eigenvalue weighted by Crippen LogP contribution is -1.92. The summed E-state index contributed by atoms with van der Waals surface area (Å²) in [6, 6.07) is 8.51. The maximum Gasteiger partial charge on any atom is 0.0281 e. The van der Waals surface area contributed by atoms with Gasteiger partial charge in [-0.15, -0.1) is 12.3 Å². The molecule has 0 aromatic heterocycles. The second-order valence-corrected chi connectivity index (χ2v) is 3.04. The fourth-order valence-corrected chi connectivity index (χ4v) is 1.68. The van der Waals surface area contributed by atoms with E-state index in [1.807, 2.05) is 0 Å². The molecule has 0 heteroatoms. The molecule has 0 heterocycles. The Kier molecular flexibility index (Phi) is 1.43. The Hall–Kier alpha value is -1.22. The van der Waals surface area contributed by atoms with Crippen LogP contribution in [-0.2, 0) is 12.8 Å². The largest absolute Gasteiger partial charge is 0.120 e. The van der Waals surface area contributed by atoms with Gasteiger partial charge in [0.15, 0.2) is 0 Å². The van der Waals surface area contributed by atoms with E-state index >= 15 is 0 Å². The Morgan fingerprint density at radius 1 is 1.18 bits per heavy atom. The molecule has 0 amide bonds. The monoisotopic (exact) mass is 142 g/mol. The molecule has 0 spiro atoms. The predicted octanol–water partition coefficient (Wildman–Crippen LogP) is 2.03. The molecule has 2 rings (SSSR count). The van der Waals surface area contributed by atoms with Crippen LogP contribution in [0.5, 0.6) is 0 Å². The molecule has 0 fully saturated rings. The Balaban J connectivity index is 2.35. The summed E-state index contributed by atoms with van der Waals surface area (Å²) in [4.78, 5) is 0. The van der Waals surface area contributed by atoms with Gasteiger partial charge in [-0.3, -0.25) is 0 Å². The highest BCUT2D eigenvalue weighted by atomic mass is 14.2. The van der Waals surface area contributed by atoms with Gasteiger partial charge in [-0.1, -0.05) is 24.3 Å². The standard InChI is InChI=1S/C11H10/c1-2-9-7-10-5-3-4-6-11(10)8-9/h1,3-6,9H,7-8H2. The first kappa shape index (κ1) is 6.49. The van der Waals surface area contributed by atoms with Crippen molar-refractivity contribution in [1.29, 1.82) is 0 Å². The minimum atomic E-state index is 0.451. The highest BCUT2D eigenvalue weighted by Gasteiger charge is 2.17. The fourth-order valence-electron chi connectivity index (χ4n) is 1.68. The highest BCUT2D eigenvalue weighted by molar-refractivity contribution is 5.34. The summed E-state index contributed by atoms with van der Waals surface area (Å²) in [7, 11) is 0. The topological polar surface area (TPSA) is 0 Å². The number of hydrogen-bond acceptors (Lipinski definition) is 0. The summed E-state index contributed by atoms with van der Waals surface area (Å²) in [5, 5.41) is 0. The molecule has 1 aliphatic carbocycles. The molecule has 0 saturated heterocycles. The predicted molar refractivity (Wildman–Crippen MR) is 46.2 cm³/mol. The van der Waals surface area contributed by atoms with Crippen LogP contribution in [0.1, 0.15) is 11.1 Å². The van der Waals surface area contributed by atoms with E-state index in [1.54, 1.807) is 0 Å². The van der Waals surface area contributed by atoms with Gasteiger partial charge in [0, 0.05) is 5.92 Å². The van der Waals surface area contributed by atoms with Gasteiger partial charge < -0.3 is 0 Å². The van der Waals surface area contributed by atoms with Crippen molar-refractivity contribution >= 4 is 0 Å². The maximum absolute atomic E-state index is 5.36. The van der Waals surface area contributed by atoms with Crippen molar-refractivity contribution in [1.82, 2.24) is 0 Å². The van der Waals surface area contributed by atoms with Crippen molar-refractivity contribution in [2.75, 3.05) is 0 Å². The second kappa shape index (κ2) is 2.43. The average molecular weight is 142 g/mol. The smallest absolute Gasteiger partial charge is 0.0281 e. The third-order valence-corrected chi connectivity index (χ3v) is 2.29. The van der Waals surface area contributed by atoms with Crippen molar-refractivity contribution in [2.24, 2.45) is 5.92 Å². The van der Waals surface area contributed by atoms with Crippen LogP contribution in [0.15, 0.2) is 24.3 Å². The first-order valence-corrected chi connectivity index (χ1v) is 3.93. The van der Waals surface area contributed by atoms with Crippen LogP contribution in [0.2, 0.25) is 0 Å². The number of fused-ring (bicyclic) bond motifs is 1. The lowest BCUT2D eigenvalue weighted by Gasteiger charge is -1.93. The lowest BCUT2D eigenvalue weighted by molar-refractivity contribution is 0.732. The number of rotatable bonds is 0. The van der Waals surface area contributed by atoms with Crippen molar-refractivity contribution in [3.05, 3.63) is 35.4 Å². The molecule has 0 saturated carbocycles. The Bertz CT molecular complexity index is 279. The average Bonchev–Trinajstić information content (AvgIpc) is 2.46. The summed E-state index contributed by atoms with van der Waals surface area (Å²) in [6.07, 6.45) is 7.52. The van der Waals surface area contributed by atoms with Crippen LogP contribution in [-0.4, -0.2) is 0 Å². The molecule has 1 aromatic rings. The van der Waals surface area contributed by atoms with Crippen LogP contribution in [0, 0.1) is 18.3 Å². The molecule has 0 nitrogen and oxygen atoms in total. The third-order valence-electron chi connectivity index (χ3n) is 2.29. The minimum Gasteiger partial charge on any atom is -0.120 e. The number of hydrogen-bond donors (Lipinski definition) is 0. The number of benzene rings is 1. The van der Waals surface area contributed by atoms with E-state index in [-0.39, 0.29) is 0 Å². The zero-order chi connectivity index (χ0) is 7.68. The highest BCUT2D eigenvalue weighted by Crippen LogP contribution is 2.25. The zero-order valence-electron chi connectivity index (χ0n) is 6.38. The summed E-state index contributed by atoms with van der Waals surface area (Å²) in [6.45, 7) is 0. The molecule has 1 aromatic carbocycles. The minimum absolute atomic E-state index is 0.451. The Morgan fingerprint density at radius 2 is 1.73 bits per heavy atom. The molecular formula is C11H10. The third kappa shape index (κ3) is 1.03. The molecule has 0 radical (unpaired) electrons. The first-order chi connectivity index (χ1) is 5.40. The van der Waals surface area contributed by atoms with Crippen molar-refractivity contribution in [3.8, 4) is 12.3 Å². The van der Waals surface area contributed by atoms with Crippen molar-refractivity contribution < 1.29 is 0 Å². The quantitative estimate of drug-likeness (QED) is 0.486. The van der Waals surface area contributed by atoms with Gasteiger partial charge in [-0.2, -0.15) is 0 Å². The van der Waals surface area contributed by atoms with Gasteiger partial charge in [0.2, 0.25) is 0 Å². The summed E-state index contributed by atoms with van der Waals surface area (Å²) in [5.74, 6) is 3.26. The van der Waals surface area contributed by atoms with E-state index in [9.17, 15) is 0 Å². The summed E-state index contributed by atoms with van der Waals surface area (Å²) >= 11 is 0. The number of terminal acetylenes is 1. The molecule has 54 valence electrons. The zero-order valence-corrected chi connectivity index (χ0v) is 6.38. The van der Waals surface area contributed by atoms with Crippen LogP contribution in [0.25, 0.3) is 0 Å².